The Kier molecular flexibility index (Phi) is 6.21. The van der Waals surface area contributed by atoms with Crippen LogP contribution in [0.15, 0.2) is 11.6 Å². The number of carbonyl (C=O) groups is 1. The van der Waals surface area contributed by atoms with Gasteiger partial charge in [-0.15, -0.1) is 0 Å². The maximum atomic E-state index is 12.6. The molecule has 0 aromatic heterocycles. The van der Waals surface area contributed by atoms with Crippen molar-refractivity contribution in [3.8, 4) is 0 Å². The lowest BCUT2D eigenvalue weighted by Crippen LogP contribution is -2.50. The third kappa shape index (κ3) is 4.85. The number of hydrogen-bond donors (Lipinski definition) is 0. The predicted molar refractivity (Wildman–Crippen MR) is 99.7 cm³/mol. The van der Waals surface area contributed by atoms with E-state index in [0.717, 1.165) is 57.9 Å². The smallest absolute Gasteiger partial charge is 0.226 e. The molecule has 0 aromatic carbocycles. The lowest BCUT2D eigenvalue weighted by Gasteiger charge is -2.40. The Hall–Kier alpha value is -0.880. The molecule has 0 N–H and O–H groups in total. The minimum absolute atomic E-state index is 0.0620. The highest BCUT2D eigenvalue weighted by Crippen LogP contribution is 2.32. The van der Waals surface area contributed by atoms with Gasteiger partial charge >= 0.3 is 0 Å². The highest BCUT2D eigenvalue weighted by Gasteiger charge is 2.37. The van der Waals surface area contributed by atoms with E-state index in [4.69, 9.17) is 0 Å². The molecule has 0 aromatic rings. The standard InChI is InChI=1S/C19H32N2O3S/c1-25(23,24)21(17-9-5-10-17)18-11-6-13-20(14-12-18)19(22)15-16-7-3-2-4-8-16/h7,17-18H,2-6,8-15H2,1H3/t18-/m1/s1. The third-order valence-electron chi connectivity index (χ3n) is 5.99. The van der Waals surface area contributed by atoms with Crippen LogP contribution < -0.4 is 0 Å². The number of rotatable bonds is 5. The monoisotopic (exact) mass is 368 g/mol. The zero-order valence-corrected chi connectivity index (χ0v) is 16.3. The van der Waals surface area contributed by atoms with Gasteiger partial charge in [0.05, 0.1) is 6.26 Å². The van der Waals surface area contributed by atoms with Crippen molar-refractivity contribution in [2.75, 3.05) is 19.3 Å². The topological polar surface area (TPSA) is 57.7 Å². The fraction of sp³-hybridized carbons (Fsp3) is 0.842. The molecule has 1 atom stereocenters. The average Bonchev–Trinajstić information content (AvgIpc) is 2.76. The number of nitrogens with zero attached hydrogens (tertiary/aromatic N) is 2. The summed E-state index contributed by atoms with van der Waals surface area (Å²) in [5.74, 6) is 0.225. The molecule has 1 saturated carbocycles. The number of hydrogen-bond acceptors (Lipinski definition) is 3. The molecular weight excluding hydrogens is 336 g/mol. The van der Waals surface area contributed by atoms with Crippen molar-refractivity contribution in [2.45, 2.75) is 82.7 Å². The van der Waals surface area contributed by atoms with Crippen LogP contribution in [0.1, 0.15) is 70.6 Å². The highest BCUT2D eigenvalue weighted by molar-refractivity contribution is 7.88. The molecule has 0 unspecified atom stereocenters. The second-order valence-corrected chi connectivity index (χ2v) is 9.82. The summed E-state index contributed by atoms with van der Waals surface area (Å²) in [5.41, 5.74) is 1.30. The Balaban J connectivity index is 1.59. The fourth-order valence-corrected chi connectivity index (χ4v) is 5.94. The first kappa shape index (κ1) is 18.9. The quantitative estimate of drug-likeness (QED) is 0.701. The Morgan fingerprint density at radius 3 is 2.40 bits per heavy atom. The summed E-state index contributed by atoms with van der Waals surface area (Å²) in [6.07, 6.45) is 14.4. The molecule has 5 nitrogen and oxygen atoms in total. The van der Waals surface area contributed by atoms with E-state index in [1.807, 2.05) is 4.90 Å². The maximum absolute atomic E-state index is 12.6. The normalized spacial score (nSPS) is 26.1. The fourth-order valence-electron chi connectivity index (χ4n) is 4.43. The number of likely N-dealkylation sites (tertiary alicyclic amines) is 1. The van der Waals surface area contributed by atoms with Crippen LogP contribution >= 0.6 is 0 Å². The zero-order chi connectivity index (χ0) is 17.9. The van der Waals surface area contributed by atoms with Crippen LogP contribution in [0.3, 0.4) is 0 Å². The summed E-state index contributed by atoms with van der Waals surface area (Å²) in [7, 11) is -3.18. The van der Waals surface area contributed by atoms with Gasteiger partial charge < -0.3 is 4.90 Å². The van der Waals surface area contributed by atoms with Gasteiger partial charge in [-0.05, 0) is 57.8 Å². The Bertz CT molecular complexity index is 610. The maximum Gasteiger partial charge on any atom is 0.226 e. The SMILES string of the molecule is CS(=O)(=O)N(C1CCC1)[C@@H]1CCCN(C(=O)CC2=CCCCC2)CC1. The molecule has 1 amide bonds. The van der Waals surface area contributed by atoms with Crippen molar-refractivity contribution < 1.29 is 13.2 Å². The summed E-state index contributed by atoms with van der Waals surface area (Å²) in [6.45, 7) is 1.46. The van der Waals surface area contributed by atoms with Gasteiger partial charge in [-0.1, -0.05) is 18.1 Å². The number of carbonyl (C=O) groups excluding carboxylic acids is 1. The molecule has 6 heteroatoms. The van der Waals surface area contributed by atoms with Crippen LogP contribution in [0.5, 0.6) is 0 Å². The van der Waals surface area contributed by atoms with Gasteiger partial charge in [0, 0.05) is 31.6 Å². The Morgan fingerprint density at radius 1 is 1.08 bits per heavy atom. The summed E-state index contributed by atoms with van der Waals surface area (Å²) in [5, 5.41) is 0. The summed E-state index contributed by atoms with van der Waals surface area (Å²) in [6, 6.07) is 0.252. The van der Waals surface area contributed by atoms with Crippen LogP contribution in [0, 0.1) is 0 Å². The Labute approximate surface area is 152 Å². The van der Waals surface area contributed by atoms with E-state index in [-0.39, 0.29) is 18.0 Å². The van der Waals surface area contributed by atoms with Crippen molar-refractivity contribution in [2.24, 2.45) is 0 Å². The second-order valence-electron chi connectivity index (χ2n) is 7.93. The number of sulfonamides is 1. The average molecular weight is 369 g/mol. The molecule has 0 spiro atoms. The summed E-state index contributed by atoms with van der Waals surface area (Å²) < 4.78 is 26.4. The van der Waals surface area contributed by atoms with Gasteiger partial charge in [-0.25, -0.2) is 8.42 Å². The van der Waals surface area contributed by atoms with Gasteiger partial charge in [0.2, 0.25) is 15.9 Å². The van der Waals surface area contributed by atoms with Crippen LogP contribution in [0.2, 0.25) is 0 Å². The number of amides is 1. The minimum Gasteiger partial charge on any atom is -0.342 e. The van der Waals surface area contributed by atoms with E-state index < -0.39 is 10.0 Å². The lowest BCUT2D eigenvalue weighted by molar-refractivity contribution is -0.130. The molecule has 0 radical (unpaired) electrons. The van der Waals surface area contributed by atoms with E-state index in [0.29, 0.717) is 13.0 Å². The van der Waals surface area contributed by atoms with Crippen LogP contribution in [0.4, 0.5) is 0 Å². The first-order valence-corrected chi connectivity index (χ1v) is 11.7. The van der Waals surface area contributed by atoms with Gasteiger partial charge in [0.25, 0.3) is 0 Å². The zero-order valence-electron chi connectivity index (χ0n) is 15.5. The van der Waals surface area contributed by atoms with Gasteiger partial charge in [-0.3, -0.25) is 4.79 Å². The molecule has 1 heterocycles. The van der Waals surface area contributed by atoms with E-state index >= 15 is 0 Å². The molecule has 2 aliphatic carbocycles. The van der Waals surface area contributed by atoms with Crippen LogP contribution in [-0.2, 0) is 14.8 Å². The first-order valence-electron chi connectivity index (χ1n) is 9.89. The molecule has 3 aliphatic rings. The summed E-state index contributed by atoms with van der Waals surface area (Å²) >= 11 is 0. The molecule has 3 rings (SSSR count). The van der Waals surface area contributed by atoms with Gasteiger partial charge in [0.15, 0.2) is 0 Å². The van der Waals surface area contributed by atoms with E-state index in [1.165, 1.54) is 24.7 Å². The van der Waals surface area contributed by atoms with Crippen molar-refractivity contribution in [3.05, 3.63) is 11.6 Å². The molecular formula is C19H32N2O3S. The van der Waals surface area contributed by atoms with Gasteiger partial charge in [-0.2, -0.15) is 4.31 Å². The third-order valence-corrected chi connectivity index (χ3v) is 7.35. The predicted octanol–water partition coefficient (Wildman–Crippen LogP) is 3.07. The molecule has 142 valence electrons. The van der Waals surface area contributed by atoms with E-state index in [1.54, 1.807) is 4.31 Å². The van der Waals surface area contributed by atoms with E-state index in [2.05, 4.69) is 6.08 Å². The molecule has 2 fully saturated rings. The molecule has 0 bridgehead atoms. The largest absolute Gasteiger partial charge is 0.342 e. The van der Waals surface area contributed by atoms with Crippen LogP contribution in [-0.4, -0.2) is 55.0 Å². The van der Waals surface area contributed by atoms with Crippen molar-refractivity contribution in [3.63, 3.8) is 0 Å². The Morgan fingerprint density at radius 2 is 1.80 bits per heavy atom. The molecule has 1 aliphatic heterocycles. The van der Waals surface area contributed by atoms with Crippen molar-refractivity contribution in [1.29, 1.82) is 0 Å². The highest BCUT2D eigenvalue weighted by atomic mass is 32.2. The minimum atomic E-state index is -3.18. The van der Waals surface area contributed by atoms with Gasteiger partial charge in [0.1, 0.15) is 0 Å². The van der Waals surface area contributed by atoms with Crippen LogP contribution in [0.25, 0.3) is 0 Å². The van der Waals surface area contributed by atoms with Crippen molar-refractivity contribution >= 4 is 15.9 Å². The molecule has 1 saturated heterocycles. The second kappa shape index (κ2) is 8.21. The van der Waals surface area contributed by atoms with Crippen molar-refractivity contribution in [1.82, 2.24) is 9.21 Å². The number of allylic oxidation sites excluding steroid dienone is 1. The van der Waals surface area contributed by atoms with E-state index in [9.17, 15) is 13.2 Å². The summed E-state index contributed by atoms with van der Waals surface area (Å²) in [4.78, 5) is 14.6. The first-order chi connectivity index (χ1) is 11.9. The lowest BCUT2D eigenvalue weighted by atomic mass is 9.91. The molecule has 25 heavy (non-hydrogen) atoms.